The summed E-state index contributed by atoms with van der Waals surface area (Å²) in [6, 6.07) is 43.9. The molecule has 8 rings (SSSR count). The molecule has 0 heterocycles. The van der Waals surface area contributed by atoms with Crippen LogP contribution in [0.2, 0.25) is 25.1 Å². The first-order valence-electron chi connectivity index (χ1n) is 23.0. The van der Waals surface area contributed by atoms with Gasteiger partial charge in [0.25, 0.3) is 0 Å². The summed E-state index contributed by atoms with van der Waals surface area (Å²) < 4.78 is 38.3. The molecule has 4 N–H and O–H groups in total. The average molecular weight is 1220 g/mol. The van der Waals surface area contributed by atoms with Gasteiger partial charge in [0.2, 0.25) is 0 Å². The van der Waals surface area contributed by atoms with E-state index < -0.39 is 35.6 Å². The molecule has 0 aliphatic rings. The van der Waals surface area contributed by atoms with Crippen LogP contribution in [0.4, 0.5) is 13.2 Å². The predicted molar refractivity (Wildman–Crippen MR) is 307 cm³/mol. The van der Waals surface area contributed by atoms with E-state index in [-0.39, 0.29) is 39.3 Å². The van der Waals surface area contributed by atoms with Gasteiger partial charge in [0.1, 0.15) is 5.56 Å². The number of halogens is 8. The number of alkyl halides is 3. The summed E-state index contributed by atoms with van der Waals surface area (Å²) >= 11 is 29.6. The third-order valence-corrected chi connectivity index (χ3v) is 11.4. The Morgan fingerprint density at radius 2 is 0.841 bits per heavy atom. The molecule has 0 saturated heterocycles. The van der Waals surface area contributed by atoms with Crippen molar-refractivity contribution in [1.82, 2.24) is 0 Å². The normalized spacial score (nSPS) is 10.9. The summed E-state index contributed by atoms with van der Waals surface area (Å²) in [5, 5.41) is 52.6. The van der Waals surface area contributed by atoms with Crippen molar-refractivity contribution in [1.29, 1.82) is 0 Å². The lowest BCUT2D eigenvalue weighted by atomic mass is 10.1. The average Bonchev–Trinajstić information content (AvgIpc) is 3.57. The standard InChI is InChI=1S/C15H12ClNO3.C15H10F3NO3.2C14H9Cl2NO3/c1-10-6-11(8-12(16)7-10)9-17-20-14-5-3-2-4-13(14)15(18)19;16-15(17,18)13-4-2-1-3-11(13)9-19-22-12-7-5-10(6-8-12)14(20)21;15-11-5-9(6-12(16)7-11)8-17-20-13-3-1-10(2-4-13)14(18)19;15-12-2-1-3-13(16)11(12)8-17-20-10-6-4-9(5-7-10)14(18)19/h2-9H,1H3,(H,18,19);1-9H,(H,20,21);2*1-8H,(H,18,19)/b17-9-;19-9-;2*17-8-. The molecule has 0 aliphatic carbocycles. The zero-order chi connectivity index (χ0) is 59.8. The van der Waals surface area contributed by atoms with Gasteiger partial charge in [-0.25, -0.2) is 19.2 Å². The lowest BCUT2D eigenvalue weighted by Crippen LogP contribution is -2.08. The Morgan fingerprint density at radius 1 is 0.439 bits per heavy atom. The molecular weight excluding hydrogens is 1180 g/mol. The van der Waals surface area contributed by atoms with E-state index >= 15 is 0 Å². The van der Waals surface area contributed by atoms with Gasteiger partial charge in [-0.15, -0.1) is 0 Å². The molecule has 0 aliphatic heterocycles. The molecule has 16 nitrogen and oxygen atoms in total. The first kappa shape index (κ1) is 63.6. The highest BCUT2D eigenvalue weighted by Crippen LogP contribution is 2.31. The second-order valence-corrected chi connectivity index (χ2v) is 18.2. The van der Waals surface area contributed by atoms with Crippen LogP contribution in [0.15, 0.2) is 197 Å². The summed E-state index contributed by atoms with van der Waals surface area (Å²) in [4.78, 5) is 63.3. The van der Waals surface area contributed by atoms with Crippen LogP contribution >= 0.6 is 58.0 Å². The third-order valence-electron chi connectivity index (χ3n) is 10.0. The lowest BCUT2D eigenvalue weighted by molar-refractivity contribution is -0.137. The number of hydrogen-bond donors (Lipinski definition) is 4. The van der Waals surface area contributed by atoms with E-state index in [9.17, 15) is 32.3 Å². The molecule has 82 heavy (non-hydrogen) atoms. The van der Waals surface area contributed by atoms with Gasteiger partial charge in [0, 0.05) is 26.2 Å². The molecule has 0 unspecified atom stereocenters. The SMILES string of the molecule is Cc1cc(Cl)cc(/C=N\Oc2ccccc2C(=O)O)c1.O=C(O)c1ccc(O/N=C\c2c(Cl)cccc2Cl)cc1.O=C(O)c1ccc(O/N=C\c2cc(Cl)cc(Cl)c2)cc1.O=C(O)c1ccc(O/N=C\c2ccccc2C(F)(F)F)cc1. The first-order chi connectivity index (χ1) is 39.1. The highest BCUT2D eigenvalue weighted by Gasteiger charge is 2.32. The van der Waals surface area contributed by atoms with Gasteiger partial charge in [-0.3, -0.25) is 0 Å². The highest BCUT2D eigenvalue weighted by atomic mass is 35.5. The van der Waals surface area contributed by atoms with Crippen molar-refractivity contribution in [2.75, 3.05) is 0 Å². The molecule has 0 fully saturated rings. The van der Waals surface area contributed by atoms with Crippen LogP contribution in [-0.4, -0.2) is 69.2 Å². The van der Waals surface area contributed by atoms with E-state index in [0.717, 1.165) is 23.4 Å². The minimum absolute atomic E-state index is 0.0620. The van der Waals surface area contributed by atoms with Crippen molar-refractivity contribution in [3.8, 4) is 23.0 Å². The number of para-hydroxylation sites is 1. The number of oxime groups is 4. The zero-order valence-electron chi connectivity index (χ0n) is 41.9. The Labute approximate surface area is 489 Å². The molecule has 0 spiro atoms. The first-order valence-corrected chi connectivity index (χ1v) is 24.9. The zero-order valence-corrected chi connectivity index (χ0v) is 45.7. The number of hydrogen-bond acceptors (Lipinski definition) is 12. The topological polar surface area (TPSA) is 236 Å². The van der Waals surface area contributed by atoms with Gasteiger partial charge in [0.05, 0.1) is 57.2 Å². The van der Waals surface area contributed by atoms with E-state index in [1.54, 1.807) is 60.7 Å². The van der Waals surface area contributed by atoms with Crippen LogP contribution in [-0.2, 0) is 6.18 Å². The molecule has 8 aromatic rings. The van der Waals surface area contributed by atoms with Gasteiger partial charge < -0.3 is 39.8 Å². The third kappa shape index (κ3) is 21.4. The molecule has 0 atom stereocenters. The maximum atomic E-state index is 12.8. The van der Waals surface area contributed by atoms with Crippen molar-refractivity contribution < 1.29 is 72.1 Å². The number of carboxylic acid groups (broad SMARTS) is 4. The van der Waals surface area contributed by atoms with Gasteiger partial charge >= 0.3 is 30.1 Å². The van der Waals surface area contributed by atoms with Gasteiger partial charge in [-0.1, -0.05) is 121 Å². The molecular formula is C58H40Cl5F3N4O12. The maximum absolute atomic E-state index is 12.8. The number of carboxylic acids is 4. The molecule has 8 aromatic carbocycles. The summed E-state index contributed by atoms with van der Waals surface area (Å²) in [6.07, 6.45) is 0.815. The quantitative estimate of drug-likeness (QED) is 0.0522. The smallest absolute Gasteiger partial charge is 0.417 e. The molecule has 0 radical (unpaired) electrons. The fraction of sp³-hybridized carbons (Fsp3) is 0.0345. The number of aromatic carboxylic acids is 4. The molecule has 0 saturated carbocycles. The lowest BCUT2D eigenvalue weighted by Gasteiger charge is -2.08. The Balaban J connectivity index is 0.000000201. The predicted octanol–water partition coefficient (Wildman–Crippen LogP) is 15.8. The number of carbonyl (C=O) groups is 4. The van der Waals surface area contributed by atoms with Crippen molar-refractivity contribution in [2.24, 2.45) is 20.6 Å². The van der Waals surface area contributed by atoms with E-state index in [4.69, 9.17) is 97.8 Å². The summed E-state index contributed by atoms with van der Waals surface area (Å²) in [5.74, 6) is -2.89. The summed E-state index contributed by atoms with van der Waals surface area (Å²) in [5.41, 5.74) is 2.58. The van der Waals surface area contributed by atoms with Crippen LogP contribution in [0, 0.1) is 6.92 Å². The Bertz CT molecular complexity index is 3570. The maximum Gasteiger partial charge on any atom is 0.417 e. The molecule has 0 aromatic heterocycles. The molecule has 0 bridgehead atoms. The van der Waals surface area contributed by atoms with E-state index in [0.29, 0.717) is 47.7 Å². The van der Waals surface area contributed by atoms with Crippen LogP contribution in [0.5, 0.6) is 23.0 Å². The number of rotatable bonds is 16. The Hall–Kier alpha value is -9.24. The molecule has 24 heteroatoms. The van der Waals surface area contributed by atoms with Crippen molar-refractivity contribution in [3.05, 3.63) is 257 Å². The Kier molecular flexibility index (Phi) is 24.4. The van der Waals surface area contributed by atoms with Gasteiger partial charge in [-0.2, -0.15) is 13.2 Å². The van der Waals surface area contributed by atoms with Gasteiger partial charge in [-0.05, 0) is 157 Å². The number of nitrogens with zero attached hydrogens (tertiary/aromatic N) is 4. The number of aryl methyl sites for hydroxylation is 1. The largest absolute Gasteiger partial charge is 0.478 e. The summed E-state index contributed by atoms with van der Waals surface area (Å²) in [7, 11) is 0. The minimum atomic E-state index is -4.48. The van der Waals surface area contributed by atoms with Crippen molar-refractivity contribution in [2.45, 2.75) is 13.1 Å². The fourth-order valence-corrected chi connectivity index (χ4v) is 7.60. The second kappa shape index (κ2) is 31.5. The van der Waals surface area contributed by atoms with Gasteiger partial charge in [0.15, 0.2) is 23.0 Å². The van der Waals surface area contributed by atoms with Crippen molar-refractivity contribution in [3.63, 3.8) is 0 Å². The number of benzene rings is 8. The van der Waals surface area contributed by atoms with Crippen LogP contribution in [0.25, 0.3) is 0 Å². The second-order valence-electron chi connectivity index (χ2n) is 16.1. The molecule has 0 amide bonds. The van der Waals surface area contributed by atoms with E-state index in [1.165, 1.54) is 116 Å². The van der Waals surface area contributed by atoms with Crippen LogP contribution in [0.1, 0.15) is 74.8 Å². The van der Waals surface area contributed by atoms with Crippen molar-refractivity contribution >= 4 is 107 Å². The van der Waals surface area contributed by atoms with Crippen LogP contribution < -0.4 is 19.4 Å². The highest BCUT2D eigenvalue weighted by molar-refractivity contribution is 6.38. The molecule has 420 valence electrons. The van der Waals surface area contributed by atoms with E-state index in [1.807, 2.05) is 19.1 Å². The minimum Gasteiger partial charge on any atom is -0.478 e. The van der Waals surface area contributed by atoms with E-state index in [2.05, 4.69) is 20.6 Å². The fourth-order valence-electron chi connectivity index (χ4n) is 6.26. The monoisotopic (exact) mass is 1220 g/mol. The summed E-state index contributed by atoms with van der Waals surface area (Å²) in [6.45, 7) is 1.92. The Morgan fingerprint density at radius 3 is 1.29 bits per heavy atom. The van der Waals surface area contributed by atoms with Crippen LogP contribution in [0.3, 0.4) is 0 Å².